The van der Waals surface area contributed by atoms with Crippen LogP contribution in [-0.4, -0.2) is 12.4 Å². The van der Waals surface area contributed by atoms with Crippen LogP contribution in [0, 0.1) is 0 Å². The third-order valence-electron chi connectivity index (χ3n) is 1.45. The van der Waals surface area contributed by atoms with Gasteiger partial charge in [0.25, 0.3) is 0 Å². The van der Waals surface area contributed by atoms with Crippen LogP contribution in [0.15, 0.2) is 58.8 Å². The molecule has 0 bridgehead atoms. The molecule has 2 heteroatoms. The summed E-state index contributed by atoms with van der Waals surface area (Å²) in [7, 11) is 0. The van der Waals surface area contributed by atoms with E-state index in [0.717, 1.165) is 11.4 Å². The fraction of sp³-hybridized carbons (Fsp3) is 0.167. The fourth-order valence-corrected chi connectivity index (χ4v) is 0.843. The molecule has 0 aromatic carbocycles. The summed E-state index contributed by atoms with van der Waals surface area (Å²) in [6, 6.07) is 0. The van der Waals surface area contributed by atoms with Gasteiger partial charge in [-0.05, 0) is 13.8 Å². The molecule has 0 saturated heterocycles. The van der Waals surface area contributed by atoms with Crippen LogP contribution in [0.25, 0.3) is 0 Å². The molecule has 0 aromatic rings. The number of hydrogen-bond donors (Lipinski definition) is 0. The SMILES string of the molecule is C=C\C=N/C(=C\C)C(=C/C)/N=C\C=C. The van der Waals surface area contributed by atoms with Crippen LogP contribution in [0.3, 0.4) is 0 Å². The summed E-state index contributed by atoms with van der Waals surface area (Å²) < 4.78 is 0. The minimum atomic E-state index is 0.825. The molecule has 2 nitrogen and oxygen atoms in total. The van der Waals surface area contributed by atoms with E-state index >= 15 is 0 Å². The van der Waals surface area contributed by atoms with Crippen molar-refractivity contribution in [1.82, 2.24) is 0 Å². The maximum absolute atomic E-state index is 4.19. The highest BCUT2D eigenvalue weighted by atomic mass is 14.8. The lowest BCUT2D eigenvalue weighted by molar-refractivity contribution is 1.23. The summed E-state index contributed by atoms with van der Waals surface area (Å²) in [6.45, 7) is 11.0. The average molecular weight is 188 g/mol. The number of allylic oxidation sites excluding steroid dienone is 4. The molecule has 0 unspecified atom stereocenters. The fourth-order valence-electron chi connectivity index (χ4n) is 0.843. The minimum absolute atomic E-state index is 0.825. The number of hydrogen-bond acceptors (Lipinski definition) is 2. The molecule has 0 spiro atoms. The first-order chi connectivity index (χ1) is 6.79. The van der Waals surface area contributed by atoms with Crippen molar-refractivity contribution in [1.29, 1.82) is 0 Å². The average Bonchev–Trinajstić information content (AvgIpc) is 2.23. The van der Waals surface area contributed by atoms with E-state index in [4.69, 9.17) is 0 Å². The Morgan fingerprint density at radius 3 is 1.43 bits per heavy atom. The summed E-state index contributed by atoms with van der Waals surface area (Å²) in [5.41, 5.74) is 1.65. The molecule has 0 atom stereocenters. The molecular formula is C12H16N2. The van der Waals surface area contributed by atoms with Crippen LogP contribution < -0.4 is 0 Å². The molecule has 0 rings (SSSR count). The normalized spacial score (nSPS) is 13.9. The van der Waals surface area contributed by atoms with Crippen LogP contribution in [0.5, 0.6) is 0 Å². The van der Waals surface area contributed by atoms with Crippen LogP contribution in [0.4, 0.5) is 0 Å². The monoisotopic (exact) mass is 188 g/mol. The predicted octanol–water partition coefficient (Wildman–Crippen LogP) is 3.31. The topological polar surface area (TPSA) is 24.7 Å². The predicted molar refractivity (Wildman–Crippen MR) is 64.9 cm³/mol. The van der Waals surface area contributed by atoms with E-state index < -0.39 is 0 Å². The molecular weight excluding hydrogens is 172 g/mol. The zero-order valence-electron chi connectivity index (χ0n) is 8.77. The number of nitrogens with zero attached hydrogens (tertiary/aromatic N) is 2. The highest BCUT2D eigenvalue weighted by Crippen LogP contribution is 2.11. The summed E-state index contributed by atoms with van der Waals surface area (Å²) in [5, 5.41) is 0. The van der Waals surface area contributed by atoms with Gasteiger partial charge in [-0.25, -0.2) is 0 Å². The molecule has 0 N–H and O–H groups in total. The maximum Gasteiger partial charge on any atom is 0.0840 e. The molecule has 0 aliphatic rings. The molecule has 0 heterocycles. The Balaban J connectivity index is 4.82. The Kier molecular flexibility index (Phi) is 6.96. The van der Waals surface area contributed by atoms with Crippen LogP contribution in [0.1, 0.15) is 13.8 Å². The molecule has 0 saturated carbocycles. The molecule has 0 aliphatic heterocycles. The Bertz CT molecular complexity index is 272. The molecule has 14 heavy (non-hydrogen) atoms. The first-order valence-electron chi connectivity index (χ1n) is 4.43. The van der Waals surface area contributed by atoms with Crippen molar-refractivity contribution >= 4 is 12.4 Å². The Labute approximate surface area is 85.8 Å². The largest absolute Gasteiger partial charge is 0.255 e. The van der Waals surface area contributed by atoms with Crippen molar-refractivity contribution in [3.05, 3.63) is 48.9 Å². The lowest BCUT2D eigenvalue weighted by Gasteiger charge is -1.99. The molecule has 0 aromatic heterocycles. The summed E-state index contributed by atoms with van der Waals surface area (Å²) >= 11 is 0. The number of aliphatic imine (C=N–C) groups is 2. The number of rotatable bonds is 5. The van der Waals surface area contributed by atoms with Crippen LogP contribution in [-0.2, 0) is 0 Å². The van der Waals surface area contributed by atoms with Gasteiger partial charge < -0.3 is 0 Å². The first-order valence-corrected chi connectivity index (χ1v) is 4.43. The van der Waals surface area contributed by atoms with Gasteiger partial charge in [0.05, 0.1) is 11.4 Å². The van der Waals surface area contributed by atoms with Gasteiger partial charge in [-0.3, -0.25) is 9.98 Å². The van der Waals surface area contributed by atoms with E-state index in [-0.39, 0.29) is 0 Å². The Hall–Kier alpha value is -1.70. The van der Waals surface area contributed by atoms with Crippen LogP contribution in [0.2, 0.25) is 0 Å². The van der Waals surface area contributed by atoms with Crippen molar-refractivity contribution < 1.29 is 0 Å². The van der Waals surface area contributed by atoms with Gasteiger partial charge in [0, 0.05) is 12.4 Å². The van der Waals surface area contributed by atoms with Crippen molar-refractivity contribution in [3.8, 4) is 0 Å². The van der Waals surface area contributed by atoms with Gasteiger partial charge in [0.1, 0.15) is 0 Å². The second-order valence-corrected chi connectivity index (χ2v) is 2.38. The van der Waals surface area contributed by atoms with E-state index in [1.165, 1.54) is 0 Å². The molecule has 0 radical (unpaired) electrons. The third kappa shape index (κ3) is 4.36. The molecule has 0 aliphatic carbocycles. The third-order valence-corrected chi connectivity index (χ3v) is 1.45. The summed E-state index contributed by atoms with van der Waals surface area (Å²) in [4.78, 5) is 8.37. The zero-order chi connectivity index (χ0) is 10.8. The van der Waals surface area contributed by atoms with Gasteiger partial charge in [-0.2, -0.15) is 0 Å². The van der Waals surface area contributed by atoms with Gasteiger partial charge in [-0.1, -0.05) is 37.5 Å². The highest BCUT2D eigenvalue weighted by molar-refractivity contribution is 5.74. The lowest BCUT2D eigenvalue weighted by Crippen LogP contribution is -1.84. The van der Waals surface area contributed by atoms with Gasteiger partial charge in [-0.15, -0.1) is 0 Å². The minimum Gasteiger partial charge on any atom is -0.255 e. The van der Waals surface area contributed by atoms with Gasteiger partial charge in [0.15, 0.2) is 0 Å². The van der Waals surface area contributed by atoms with Gasteiger partial charge >= 0.3 is 0 Å². The van der Waals surface area contributed by atoms with E-state index in [1.54, 1.807) is 24.6 Å². The molecule has 0 amide bonds. The first kappa shape index (κ1) is 12.3. The maximum atomic E-state index is 4.19. The van der Waals surface area contributed by atoms with Crippen molar-refractivity contribution in [2.24, 2.45) is 9.98 Å². The van der Waals surface area contributed by atoms with E-state index in [1.807, 2.05) is 26.0 Å². The van der Waals surface area contributed by atoms with E-state index in [9.17, 15) is 0 Å². The Morgan fingerprint density at radius 1 is 0.857 bits per heavy atom. The summed E-state index contributed by atoms with van der Waals surface area (Å²) in [5.74, 6) is 0. The van der Waals surface area contributed by atoms with Crippen molar-refractivity contribution in [2.75, 3.05) is 0 Å². The second-order valence-electron chi connectivity index (χ2n) is 2.38. The molecule has 74 valence electrons. The van der Waals surface area contributed by atoms with Crippen molar-refractivity contribution in [2.45, 2.75) is 13.8 Å². The van der Waals surface area contributed by atoms with Crippen molar-refractivity contribution in [3.63, 3.8) is 0 Å². The van der Waals surface area contributed by atoms with Gasteiger partial charge in [0.2, 0.25) is 0 Å². The zero-order valence-corrected chi connectivity index (χ0v) is 8.77. The smallest absolute Gasteiger partial charge is 0.0840 e. The Morgan fingerprint density at radius 2 is 1.21 bits per heavy atom. The quantitative estimate of drug-likeness (QED) is 0.467. The van der Waals surface area contributed by atoms with E-state index in [2.05, 4.69) is 23.1 Å². The van der Waals surface area contributed by atoms with Crippen LogP contribution >= 0.6 is 0 Å². The second kappa shape index (κ2) is 7.92. The standard InChI is InChI=1S/C12H16N2/c1-5-9-13-11(7-3)12(8-4)14-10-6-2/h5-10H,1-2H2,3-4H3/b11-7-,12-8-,13-9-,14-10-. The molecule has 0 fully saturated rings. The van der Waals surface area contributed by atoms with E-state index in [0.29, 0.717) is 0 Å². The lowest BCUT2D eigenvalue weighted by atomic mass is 10.3. The summed E-state index contributed by atoms with van der Waals surface area (Å²) in [6.07, 6.45) is 10.3. The highest BCUT2D eigenvalue weighted by Gasteiger charge is 1.96.